The molecule has 0 aliphatic heterocycles. The quantitative estimate of drug-likeness (QED) is 0.0460. The molecule has 0 spiro atoms. The van der Waals surface area contributed by atoms with E-state index in [0.717, 1.165) is 84.0 Å². The molecule has 0 bridgehead atoms. The van der Waals surface area contributed by atoms with E-state index < -0.39 is 0 Å². The van der Waals surface area contributed by atoms with Gasteiger partial charge in [-0.15, -0.1) is 0 Å². The minimum atomic E-state index is -0.340. The lowest BCUT2D eigenvalue weighted by molar-refractivity contribution is -0.146. The number of aliphatic hydroxyl groups is 2. The molecule has 0 rings (SSSR count). The molecule has 0 aromatic heterocycles. The second-order valence-corrected chi connectivity index (χ2v) is 19.6. The van der Waals surface area contributed by atoms with Crippen LogP contribution in [-0.2, 0) is 19.1 Å². The summed E-state index contributed by atoms with van der Waals surface area (Å²) in [6, 6.07) is 0. The fourth-order valence-electron chi connectivity index (χ4n) is 8.86. The zero-order valence-corrected chi connectivity index (χ0v) is 43.1. The van der Waals surface area contributed by atoms with E-state index in [-0.39, 0.29) is 24.1 Å². The Kier molecular flexibility index (Phi) is 46.4. The van der Waals surface area contributed by atoms with Gasteiger partial charge in [0, 0.05) is 25.9 Å². The summed E-state index contributed by atoms with van der Waals surface area (Å²) >= 11 is 0. The molecule has 0 heterocycles. The fourth-order valence-corrected chi connectivity index (χ4v) is 8.86. The van der Waals surface area contributed by atoms with Crippen LogP contribution in [0.25, 0.3) is 0 Å². The molecule has 0 aromatic rings. The van der Waals surface area contributed by atoms with Gasteiger partial charge in [0.2, 0.25) is 0 Å². The molecule has 0 aliphatic carbocycles. The maximum absolute atomic E-state index is 12.7. The van der Waals surface area contributed by atoms with E-state index in [2.05, 4.69) is 37.5 Å². The van der Waals surface area contributed by atoms with Gasteiger partial charge in [0.1, 0.15) is 0 Å². The molecule has 8 heteroatoms. The first-order valence-electron chi connectivity index (χ1n) is 27.8. The van der Waals surface area contributed by atoms with Crippen molar-refractivity contribution in [3.05, 3.63) is 0 Å². The average molecular weight is 895 g/mol. The number of esters is 2. The molecule has 0 aromatic carbocycles. The topological polar surface area (TPSA) is 99.5 Å². The number of nitrogens with zero attached hydrogens (tertiary/aromatic N) is 2. The van der Waals surface area contributed by atoms with Crippen LogP contribution in [0, 0.1) is 11.8 Å². The highest BCUT2D eigenvalue weighted by Gasteiger charge is 2.16. The van der Waals surface area contributed by atoms with Crippen molar-refractivity contribution in [3.8, 4) is 0 Å². The summed E-state index contributed by atoms with van der Waals surface area (Å²) in [6.07, 6.45) is 38.9. The van der Waals surface area contributed by atoms with Gasteiger partial charge in [0.15, 0.2) is 0 Å². The van der Waals surface area contributed by atoms with E-state index in [4.69, 9.17) is 9.47 Å². The number of ether oxygens (including phenoxy) is 2. The second kappa shape index (κ2) is 47.3. The van der Waals surface area contributed by atoms with Gasteiger partial charge in [-0.3, -0.25) is 9.59 Å². The number of carbonyl (C=O) groups excluding carboxylic acids is 2. The zero-order valence-electron chi connectivity index (χ0n) is 43.1. The van der Waals surface area contributed by atoms with Crippen LogP contribution >= 0.6 is 0 Å². The molecule has 8 nitrogen and oxygen atoms in total. The summed E-state index contributed by atoms with van der Waals surface area (Å²) in [4.78, 5) is 30.3. The normalized spacial score (nSPS) is 13.7. The Morgan fingerprint density at radius 2 is 0.667 bits per heavy atom. The number of carbonyl (C=O) groups is 2. The first kappa shape index (κ1) is 61.8. The number of aliphatic hydroxyl groups excluding tert-OH is 2. The number of unbranched alkanes of at least 4 members (excludes halogenated alkanes) is 20. The van der Waals surface area contributed by atoms with Crippen LogP contribution < -0.4 is 0 Å². The monoisotopic (exact) mass is 895 g/mol. The molecule has 0 saturated carbocycles. The molecule has 0 amide bonds. The van der Waals surface area contributed by atoms with Crippen molar-refractivity contribution >= 4 is 11.9 Å². The van der Waals surface area contributed by atoms with Crippen molar-refractivity contribution in [2.45, 2.75) is 278 Å². The van der Waals surface area contributed by atoms with Crippen molar-refractivity contribution in [2.75, 3.05) is 52.5 Å². The highest BCUT2D eigenvalue weighted by molar-refractivity contribution is 5.69. The fraction of sp³-hybridized carbons (Fsp3) is 0.964. The molecule has 0 saturated heterocycles. The summed E-state index contributed by atoms with van der Waals surface area (Å²) < 4.78 is 11.7. The maximum Gasteiger partial charge on any atom is 0.305 e. The minimum Gasteiger partial charge on any atom is -0.465 e. The van der Waals surface area contributed by atoms with Gasteiger partial charge in [0.05, 0.1) is 25.4 Å². The molecular weight excluding hydrogens is 785 g/mol. The van der Waals surface area contributed by atoms with E-state index >= 15 is 0 Å². The Hall–Kier alpha value is -1.22. The summed E-state index contributed by atoms with van der Waals surface area (Å²) in [5, 5.41) is 21.1. The Morgan fingerprint density at radius 1 is 0.381 bits per heavy atom. The number of hydrogen-bond acceptors (Lipinski definition) is 8. The standard InChI is InChI=1S/C55H110N2O6/c1-7-13-17-21-23-29-38-50(36-27-19-15-9-3)48-62-54(60)40-31-25-33-42-56(46-52(58)11-5)44-35-45-57(47-53(59)12-6)43-34-26-32-41-55(61)63-49-51(37-28-20-16-10-4)39-30-24-22-18-14-8-2/h50-53,58-59H,7-49H2,1-6H3. The van der Waals surface area contributed by atoms with Crippen LogP contribution in [0.5, 0.6) is 0 Å². The third-order valence-corrected chi connectivity index (χ3v) is 13.4. The van der Waals surface area contributed by atoms with Gasteiger partial charge in [0.25, 0.3) is 0 Å². The first-order chi connectivity index (χ1) is 30.7. The summed E-state index contributed by atoms with van der Waals surface area (Å²) in [5.74, 6) is 0.916. The van der Waals surface area contributed by atoms with Crippen LogP contribution in [0.1, 0.15) is 266 Å². The van der Waals surface area contributed by atoms with E-state index in [9.17, 15) is 19.8 Å². The second-order valence-electron chi connectivity index (χ2n) is 19.6. The van der Waals surface area contributed by atoms with Crippen LogP contribution in [0.4, 0.5) is 0 Å². The molecule has 63 heavy (non-hydrogen) atoms. The van der Waals surface area contributed by atoms with Crippen LogP contribution in [0.15, 0.2) is 0 Å². The van der Waals surface area contributed by atoms with E-state index in [1.165, 1.54) is 154 Å². The Balaban J connectivity index is 4.71. The predicted octanol–water partition coefficient (Wildman–Crippen LogP) is 14.4. The van der Waals surface area contributed by atoms with Crippen molar-refractivity contribution in [1.82, 2.24) is 9.80 Å². The van der Waals surface area contributed by atoms with E-state index in [1.807, 2.05) is 13.8 Å². The highest BCUT2D eigenvalue weighted by Crippen LogP contribution is 2.22. The maximum atomic E-state index is 12.7. The zero-order chi connectivity index (χ0) is 46.4. The first-order valence-corrected chi connectivity index (χ1v) is 27.8. The van der Waals surface area contributed by atoms with Gasteiger partial charge >= 0.3 is 11.9 Å². The third-order valence-electron chi connectivity index (χ3n) is 13.4. The van der Waals surface area contributed by atoms with Gasteiger partial charge in [-0.05, 0) is 109 Å². The number of rotatable bonds is 50. The predicted molar refractivity (Wildman–Crippen MR) is 269 cm³/mol. The Labute approximate surface area is 392 Å². The summed E-state index contributed by atoms with van der Waals surface area (Å²) in [7, 11) is 0. The molecule has 4 atom stereocenters. The largest absolute Gasteiger partial charge is 0.465 e. The lowest BCUT2D eigenvalue weighted by Gasteiger charge is -2.28. The Morgan fingerprint density at radius 3 is 1.00 bits per heavy atom. The smallest absolute Gasteiger partial charge is 0.305 e. The molecule has 0 aliphatic rings. The van der Waals surface area contributed by atoms with E-state index in [1.54, 1.807) is 0 Å². The highest BCUT2D eigenvalue weighted by atomic mass is 16.5. The SMILES string of the molecule is CCCCCCCCC(CCCCCC)COC(=O)CCCCCN(CCCN(CCCCCC(=O)OCC(CCCCCC)CCCCCCCC)CC(O)CC)CC(O)CC. The lowest BCUT2D eigenvalue weighted by Crippen LogP contribution is -2.38. The van der Waals surface area contributed by atoms with Gasteiger partial charge in [-0.25, -0.2) is 0 Å². The Bertz CT molecular complexity index is 893. The average Bonchev–Trinajstić information content (AvgIpc) is 3.28. The molecule has 0 radical (unpaired) electrons. The molecule has 0 fully saturated rings. The third kappa shape index (κ3) is 41.9. The van der Waals surface area contributed by atoms with Crippen LogP contribution in [0.2, 0.25) is 0 Å². The summed E-state index contributed by atoms with van der Waals surface area (Å²) in [5.41, 5.74) is 0. The van der Waals surface area contributed by atoms with Gasteiger partial charge in [-0.2, -0.15) is 0 Å². The van der Waals surface area contributed by atoms with Crippen molar-refractivity contribution in [1.29, 1.82) is 0 Å². The molecule has 2 N–H and O–H groups in total. The van der Waals surface area contributed by atoms with Crippen molar-refractivity contribution < 1.29 is 29.3 Å². The minimum absolute atomic E-state index is 0.0419. The molecular formula is C55H110N2O6. The number of hydrogen-bond donors (Lipinski definition) is 2. The van der Waals surface area contributed by atoms with Crippen molar-refractivity contribution in [3.63, 3.8) is 0 Å². The molecule has 376 valence electrons. The molecule has 4 unspecified atom stereocenters. The van der Waals surface area contributed by atoms with Crippen LogP contribution in [-0.4, -0.2) is 96.6 Å². The van der Waals surface area contributed by atoms with Gasteiger partial charge < -0.3 is 29.5 Å². The van der Waals surface area contributed by atoms with Crippen molar-refractivity contribution in [2.24, 2.45) is 11.8 Å². The van der Waals surface area contributed by atoms with Crippen LogP contribution in [0.3, 0.4) is 0 Å². The van der Waals surface area contributed by atoms with Gasteiger partial charge in [-0.1, -0.05) is 183 Å². The van der Waals surface area contributed by atoms with E-state index in [0.29, 0.717) is 51.0 Å². The summed E-state index contributed by atoms with van der Waals surface area (Å²) in [6.45, 7) is 19.3. The lowest BCUT2D eigenvalue weighted by atomic mass is 9.95.